The van der Waals surface area contributed by atoms with E-state index in [4.69, 9.17) is 14.6 Å². The van der Waals surface area contributed by atoms with Crippen molar-refractivity contribution < 1.29 is 19.4 Å². The minimum absolute atomic E-state index is 0.00959. The SMILES string of the molecule is COc1ccc(N2C(=O)OCCC2CCO)cc1. The van der Waals surface area contributed by atoms with E-state index < -0.39 is 0 Å². The third-order valence-electron chi connectivity index (χ3n) is 3.05. The average molecular weight is 251 g/mol. The molecule has 2 rings (SSSR count). The van der Waals surface area contributed by atoms with E-state index in [0.29, 0.717) is 13.0 Å². The lowest BCUT2D eigenvalue weighted by atomic mass is 10.1. The summed E-state index contributed by atoms with van der Waals surface area (Å²) in [5, 5.41) is 9.05. The van der Waals surface area contributed by atoms with Crippen LogP contribution in [-0.4, -0.2) is 37.6 Å². The molecule has 0 aliphatic carbocycles. The number of rotatable bonds is 4. The van der Waals surface area contributed by atoms with Crippen molar-refractivity contribution in [2.45, 2.75) is 18.9 Å². The third kappa shape index (κ3) is 2.56. The fourth-order valence-corrected chi connectivity index (χ4v) is 2.11. The first-order valence-electron chi connectivity index (χ1n) is 5.97. The maximum Gasteiger partial charge on any atom is 0.414 e. The van der Waals surface area contributed by atoms with E-state index in [1.165, 1.54) is 0 Å². The van der Waals surface area contributed by atoms with Crippen LogP contribution in [0.2, 0.25) is 0 Å². The van der Waals surface area contributed by atoms with Gasteiger partial charge in [0.2, 0.25) is 0 Å². The molecule has 1 amide bonds. The number of aliphatic hydroxyl groups excluding tert-OH is 1. The van der Waals surface area contributed by atoms with Crippen molar-refractivity contribution in [2.75, 3.05) is 25.2 Å². The Morgan fingerprint density at radius 2 is 2.17 bits per heavy atom. The second-order valence-corrected chi connectivity index (χ2v) is 4.14. The summed E-state index contributed by atoms with van der Waals surface area (Å²) in [6.07, 6.45) is 0.935. The number of carbonyl (C=O) groups is 1. The van der Waals surface area contributed by atoms with Crippen LogP contribution in [0, 0.1) is 0 Å². The number of hydrogen-bond acceptors (Lipinski definition) is 4. The summed E-state index contributed by atoms with van der Waals surface area (Å²) in [7, 11) is 1.60. The molecule has 5 heteroatoms. The number of methoxy groups -OCH3 is 1. The highest BCUT2D eigenvalue weighted by Gasteiger charge is 2.30. The molecule has 1 fully saturated rings. The highest BCUT2D eigenvalue weighted by molar-refractivity contribution is 5.89. The monoisotopic (exact) mass is 251 g/mol. The van der Waals surface area contributed by atoms with Gasteiger partial charge >= 0.3 is 6.09 Å². The van der Waals surface area contributed by atoms with Crippen molar-refractivity contribution in [3.63, 3.8) is 0 Å². The van der Waals surface area contributed by atoms with Crippen molar-refractivity contribution in [1.82, 2.24) is 0 Å². The van der Waals surface area contributed by atoms with Gasteiger partial charge in [0.15, 0.2) is 0 Å². The first-order chi connectivity index (χ1) is 8.76. The third-order valence-corrected chi connectivity index (χ3v) is 3.05. The standard InChI is InChI=1S/C13H17NO4/c1-17-12-4-2-10(3-5-12)14-11(6-8-15)7-9-18-13(14)16/h2-5,11,15H,6-9H2,1H3. The van der Waals surface area contributed by atoms with E-state index in [9.17, 15) is 4.79 Å². The Kier molecular flexibility index (Phi) is 4.04. The Labute approximate surface area is 106 Å². The van der Waals surface area contributed by atoms with Crippen molar-refractivity contribution in [3.8, 4) is 5.75 Å². The molecule has 1 unspecified atom stereocenters. The largest absolute Gasteiger partial charge is 0.497 e. The number of aliphatic hydroxyl groups is 1. The molecule has 1 aliphatic rings. The number of ether oxygens (including phenoxy) is 2. The number of cyclic esters (lactones) is 1. The Bertz CT molecular complexity index is 402. The van der Waals surface area contributed by atoms with Crippen LogP contribution in [0.5, 0.6) is 5.75 Å². The molecule has 1 atom stereocenters. The predicted molar refractivity (Wildman–Crippen MR) is 66.9 cm³/mol. The smallest absolute Gasteiger partial charge is 0.414 e. The van der Waals surface area contributed by atoms with Crippen LogP contribution in [-0.2, 0) is 4.74 Å². The quantitative estimate of drug-likeness (QED) is 0.886. The summed E-state index contributed by atoms with van der Waals surface area (Å²) >= 11 is 0. The van der Waals surface area contributed by atoms with Crippen LogP contribution in [0.1, 0.15) is 12.8 Å². The molecular weight excluding hydrogens is 234 g/mol. The van der Waals surface area contributed by atoms with Gasteiger partial charge in [-0.25, -0.2) is 4.79 Å². The molecule has 1 aromatic carbocycles. The lowest BCUT2D eigenvalue weighted by Crippen LogP contribution is -2.46. The lowest BCUT2D eigenvalue weighted by Gasteiger charge is -2.34. The highest BCUT2D eigenvalue weighted by atomic mass is 16.6. The zero-order chi connectivity index (χ0) is 13.0. The maximum absolute atomic E-state index is 11.8. The average Bonchev–Trinajstić information content (AvgIpc) is 2.40. The zero-order valence-electron chi connectivity index (χ0n) is 10.3. The van der Waals surface area contributed by atoms with E-state index in [1.807, 2.05) is 12.1 Å². The summed E-state index contributed by atoms with van der Waals surface area (Å²) < 4.78 is 10.1. The first-order valence-corrected chi connectivity index (χ1v) is 5.97. The van der Waals surface area contributed by atoms with Gasteiger partial charge in [-0.05, 0) is 30.7 Å². The first kappa shape index (κ1) is 12.7. The van der Waals surface area contributed by atoms with Crippen LogP contribution in [0.3, 0.4) is 0 Å². The van der Waals surface area contributed by atoms with Crippen LogP contribution >= 0.6 is 0 Å². The summed E-state index contributed by atoms with van der Waals surface area (Å²) in [6.45, 7) is 0.473. The maximum atomic E-state index is 11.8. The van der Waals surface area contributed by atoms with E-state index in [-0.39, 0.29) is 18.7 Å². The van der Waals surface area contributed by atoms with Gasteiger partial charge in [-0.3, -0.25) is 4.90 Å². The van der Waals surface area contributed by atoms with Crippen molar-refractivity contribution >= 4 is 11.8 Å². The Morgan fingerprint density at radius 1 is 1.44 bits per heavy atom. The van der Waals surface area contributed by atoms with Crippen LogP contribution in [0.25, 0.3) is 0 Å². The molecule has 1 saturated heterocycles. The number of amides is 1. The van der Waals surface area contributed by atoms with Gasteiger partial charge < -0.3 is 14.6 Å². The predicted octanol–water partition coefficient (Wildman–Crippen LogP) is 1.79. The molecule has 1 aromatic rings. The molecule has 1 N–H and O–H groups in total. The molecule has 0 spiro atoms. The van der Waals surface area contributed by atoms with Gasteiger partial charge in [0.1, 0.15) is 5.75 Å². The minimum Gasteiger partial charge on any atom is -0.497 e. The zero-order valence-corrected chi connectivity index (χ0v) is 10.3. The van der Waals surface area contributed by atoms with Gasteiger partial charge in [-0.1, -0.05) is 0 Å². The van der Waals surface area contributed by atoms with Gasteiger partial charge in [-0.2, -0.15) is 0 Å². The summed E-state index contributed by atoms with van der Waals surface area (Å²) in [4.78, 5) is 13.4. The Hall–Kier alpha value is -1.75. The minimum atomic E-state index is -0.357. The van der Waals surface area contributed by atoms with Crippen molar-refractivity contribution in [2.24, 2.45) is 0 Å². The molecule has 5 nitrogen and oxygen atoms in total. The molecule has 0 saturated carbocycles. The Morgan fingerprint density at radius 3 is 2.78 bits per heavy atom. The van der Waals surface area contributed by atoms with Crippen LogP contribution < -0.4 is 9.64 Å². The van der Waals surface area contributed by atoms with Gasteiger partial charge in [0.05, 0.1) is 13.7 Å². The fraction of sp³-hybridized carbons (Fsp3) is 0.462. The molecule has 98 valence electrons. The molecule has 1 aliphatic heterocycles. The van der Waals surface area contributed by atoms with E-state index in [2.05, 4.69) is 0 Å². The lowest BCUT2D eigenvalue weighted by molar-refractivity contribution is 0.124. The topological polar surface area (TPSA) is 59.0 Å². The molecule has 18 heavy (non-hydrogen) atoms. The van der Waals surface area contributed by atoms with E-state index >= 15 is 0 Å². The molecule has 0 aromatic heterocycles. The second-order valence-electron chi connectivity index (χ2n) is 4.14. The fourth-order valence-electron chi connectivity index (χ4n) is 2.11. The van der Waals surface area contributed by atoms with E-state index in [0.717, 1.165) is 17.9 Å². The molecule has 0 radical (unpaired) electrons. The van der Waals surface area contributed by atoms with Crippen LogP contribution in [0.15, 0.2) is 24.3 Å². The number of carbonyl (C=O) groups excluding carboxylic acids is 1. The van der Waals surface area contributed by atoms with Crippen molar-refractivity contribution in [3.05, 3.63) is 24.3 Å². The van der Waals surface area contributed by atoms with Gasteiger partial charge in [0, 0.05) is 24.8 Å². The molecule has 1 heterocycles. The summed E-state index contributed by atoms with van der Waals surface area (Å²) in [6, 6.07) is 7.22. The highest BCUT2D eigenvalue weighted by Crippen LogP contribution is 2.26. The van der Waals surface area contributed by atoms with E-state index in [1.54, 1.807) is 24.1 Å². The Balaban J connectivity index is 2.22. The number of hydrogen-bond donors (Lipinski definition) is 1. The number of anilines is 1. The normalized spacial score (nSPS) is 19.6. The van der Waals surface area contributed by atoms with Crippen molar-refractivity contribution in [1.29, 1.82) is 0 Å². The molecule has 0 bridgehead atoms. The summed E-state index contributed by atoms with van der Waals surface area (Å²) in [5.41, 5.74) is 0.763. The summed E-state index contributed by atoms with van der Waals surface area (Å²) in [5.74, 6) is 0.739. The van der Waals surface area contributed by atoms with Gasteiger partial charge in [-0.15, -0.1) is 0 Å². The molecular formula is C13H17NO4. The van der Waals surface area contributed by atoms with Gasteiger partial charge in [0.25, 0.3) is 0 Å². The van der Waals surface area contributed by atoms with Crippen LogP contribution in [0.4, 0.5) is 10.5 Å². The second kappa shape index (κ2) is 5.73. The number of nitrogens with zero attached hydrogens (tertiary/aromatic N) is 1. The number of benzene rings is 1.